The Hall–Kier alpha value is -0.660. The van der Waals surface area contributed by atoms with E-state index in [2.05, 4.69) is 4.72 Å². The van der Waals surface area contributed by atoms with Gasteiger partial charge in [0.05, 0.1) is 19.0 Å². The molecule has 1 fully saturated rings. The summed E-state index contributed by atoms with van der Waals surface area (Å²) in [5, 5.41) is 0. The number of nitrogens with zero attached hydrogens (tertiary/aromatic N) is 1. The van der Waals surface area contributed by atoms with Crippen molar-refractivity contribution in [2.24, 2.45) is 5.92 Å². The van der Waals surface area contributed by atoms with Gasteiger partial charge in [-0.1, -0.05) is 20.8 Å². The van der Waals surface area contributed by atoms with Gasteiger partial charge in [-0.3, -0.25) is 4.79 Å². The zero-order valence-corrected chi connectivity index (χ0v) is 13.4. The average molecular weight is 306 g/mol. The molecular formula is C13H26N2O4S. The van der Waals surface area contributed by atoms with Crippen molar-refractivity contribution in [1.82, 2.24) is 9.62 Å². The molecule has 20 heavy (non-hydrogen) atoms. The first kappa shape index (κ1) is 17.4. The second kappa shape index (κ2) is 7.95. The van der Waals surface area contributed by atoms with Crippen LogP contribution in [0.15, 0.2) is 0 Å². The third kappa shape index (κ3) is 5.76. The van der Waals surface area contributed by atoms with Gasteiger partial charge in [0, 0.05) is 13.1 Å². The maximum absolute atomic E-state index is 12.5. The minimum absolute atomic E-state index is 0.0536. The first-order valence-corrected chi connectivity index (χ1v) is 8.87. The number of morpholine rings is 1. The van der Waals surface area contributed by atoms with Gasteiger partial charge in [0.15, 0.2) is 0 Å². The van der Waals surface area contributed by atoms with E-state index in [9.17, 15) is 13.2 Å². The van der Waals surface area contributed by atoms with Crippen molar-refractivity contribution in [3.8, 4) is 0 Å². The highest BCUT2D eigenvalue weighted by Crippen LogP contribution is 2.11. The molecule has 0 aliphatic carbocycles. The fourth-order valence-electron chi connectivity index (χ4n) is 2.22. The molecule has 1 N–H and O–H groups in total. The van der Waals surface area contributed by atoms with Crippen LogP contribution in [0.2, 0.25) is 0 Å². The standard InChI is InChI=1S/C13H26N2O4S/c1-4-9-20(17,18)14-12(10-11(2)3)13(16)15-5-7-19-8-6-15/h11-12,14H,4-10H2,1-3H3/t12-/m0/s1. The smallest absolute Gasteiger partial charge is 0.240 e. The van der Waals surface area contributed by atoms with E-state index in [4.69, 9.17) is 4.74 Å². The number of rotatable bonds is 7. The number of nitrogens with one attached hydrogen (secondary N) is 1. The van der Waals surface area contributed by atoms with E-state index in [0.29, 0.717) is 39.1 Å². The van der Waals surface area contributed by atoms with Gasteiger partial charge >= 0.3 is 0 Å². The van der Waals surface area contributed by atoms with Crippen LogP contribution in [0.1, 0.15) is 33.6 Å². The number of amides is 1. The topological polar surface area (TPSA) is 75.7 Å². The van der Waals surface area contributed by atoms with E-state index in [1.807, 2.05) is 13.8 Å². The highest BCUT2D eigenvalue weighted by molar-refractivity contribution is 7.89. The minimum atomic E-state index is -3.39. The van der Waals surface area contributed by atoms with E-state index in [1.54, 1.807) is 11.8 Å². The molecule has 118 valence electrons. The summed E-state index contributed by atoms with van der Waals surface area (Å²) in [4.78, 5) is 14.1. The van der Waals surface area contributed by atoms with Crippen LogP contribution in [0.3, 0.4) is 0 Å². The number of sulfonamides is 1. The van der Waals surface area contributed by atoms with Crippen LogP contribution in [0.4, 0.5) is 0 Å². The van der Waals surface area contributed by atoms with Crippen molar-refractivity contribution in [3.63, 3.8) is 0 Å². The molecule has 6 nitrogen and oxygen atoms in total. The van der Waals surface area contributed by atoms with E-state index in [1.165, 1.54) is 0 Å². The lowest BCUT2D eigenvalue weighted by atomic mass is 10.0. The molecule has 0 aromatic rings. The van der Waals surface area contributed by atoms with Crippen molar-refractivity contribution >= 4 is 15.9 Å². The first-order valence-electron chi connectivity index (χ1n) is 7.22. The summed E-state index contributed by atoms with van der Waals surface area (Å²) < 4.78 is 31.6. The molecule has 7 heteroatoms. The van der Waals surface area contributed by atoms with Crippen LogP contribution >= 0.6 is 0 Å². The summed E-state index contributed by atoms with van der Waals surface area (Å²) >= 11 is 0. The Kier molecular flexibility index (Phi) is 6.91. The van der Waals surface area contributed by atoms with Gasteiger partial charge < -0.3 is 9.64 Å². The third-order valence-corrected chi connectivity index (χ3v) is 4.71. The van der Waals surface area contributed by atoms with Gasteiger partial charge in [-0.15, -0.1) is 0 Å². The Morgan fingerprint density at radius 1 is 1.30 bits per heavy atom. The van der Waals surface area contributed by atoms with Crippen LogP contribution in [0.5, 0.6) is 0 Å². The molecule has 1 aliphatic heterocycles. The molecule has 0 bridgehead atoms. The first-order chi connectivity index (χ1) is 9.35. The average Bonchev–Trinajstić information content (AvgIpc) is 2.37. The van der Waals surface area contributed by atoms with E-state index in [0.717, 1.165) is 0 Å². The number of ether oxygens (including phenoxy) is 1. The Labute approximate surface area is 121 Å². The van der Waals surface area contributed by atoms with Gasteiger partial charge in [0.1, 0.15) is 6.04 Å². The normalized spacial score (nSPS) is 18.3. The fourth-order valence-corrected chi connectivity index (χ4v) is 3.51. The van der Waals surface area contributed by atoms with Crippen molar-refractivity contribution in [2.45, 2.75) is 39.7 Å². The Morgan fingerprint density at radius 3 is 2.40 bits per heavy atom. The molecule has 1 heterocycles. The number of hydrogen-bond acceptors (Lipinski definition) is 4. The van der Waals surface area contributed by atoms with Gasteiger partial charge in [-0.05, 0) is 18.8 Å². The van der Waals surface area contributed by atoms with Crippen LogP contribution in [-0.2, 0) is 19.6 Å². The second-order valence-electron chi connectivity index (χ2n) is 5.56. The molecule has 0 aromatic carbocycles. The van der Waals surface area contributed by atoms with Gasteiger partial charge in [0.2, 0.25) is 15.9 Å². The summed E-state index contributed by atoms with van der Waals surface area (Å²) in [6.07, 6.45) is 1.05. The SMILES string of the molecule is CCCS(=O)(=O)N[C@@H](CC(C)C)C(=O)N1CCOCC1. The zero-order chi connectivity index (χ0) is 15.2. The number of hydrogen-bond donors (Lipinski definition) is 1. The number of carbonyl (C=O) groups excluding carboxylic acids is 1. The molecule has 0 unspecified atom stereocenters. The second-order valence-corrected chi connectivity index (χ2v) is 7.43. The summed E-state index contributed by atoms with van der Waals surface area (Å²) in [6.45, 7) is 7.86. The largest absolute Gasteiger partial charge is 0.378 e. The minimum Gasteiger partial charge on any atom is -0.378 e. The monoisotopic (exact) mass is 306 g/mol. The lowest BCUT2D eigenvalue weighted by Gasteiger charge is -2.31. The van der Waals surface area contributed by atoms with Crippen molar-refractivity contribution in [1.29, 1.82) is 0 Å². The predicted octanol–water partition coefficient (Wildman–Crippen LogP) is 0.589. The van der Waals surface area contributed by atoms with E-state index >= 15 is 0 Å². The highest BCUT2D eigenvalue weighted by atomic mass is 32.2. The van der Waals surface area contributed by atoms with E-state index < -0.39 is 16.1 Å². The van der Waals surface area contributed by atoms with Crippen LogP contribution in [-0.4, -0.2) is 57.3 Å². The van der Waals surface area contributed by atoms with Gasteiger partial charge in [0.25, 0.3) is 0 Å². The van der Waals surface area contributed by atoms with Crippen LogP contribution in [0, 0.1) is 5.92 Å². The van der Waals surface area contributed by atoms with Gasteiger partial charge in [-0.2, -0.15) is 0 Å². The summed E-state index contributed by atoms with van der Waals surface area (Å²) in [5.74, 6) is 0.161. The lowest BCUT2D eigenvalue weighted by molar-refractivity contribution is -0.137. The molecule has 1 saturated heterocycles. The Bertz CT molecular complexity index is 403. The summed E-state index contributed by atoms with van der Waals surface area (Å²) in [5.41, 5.74) is 0. The Balaban J connectivity index is 2.74. The van der Waals surface area contributed by atoms with Gasteiger partial charge in [-0.25, -0.2) is 13.1 Å². The third-order valence-electron chi connectivity index (χ3n) is 3.12. The molecule has 1 atom stereocenters. The molecule has 1 aliphatic rings. The van der Waals surface area contributed by atoms with Crippen molar-refractivity contribution in [2.75, 3.05) is 32.1 Å². The zero-order valence-electron chi connectivity index (χ0n) is 12.6. The fraction of sp³-hybridized carbons (Fsp3) is 0.923. The molecule has 0 aromatic heterocycles. The number of carbonyl (C=O) groups is 1. The summed E-state index contributed by atoms with van der Waals surface area (Å²) in [6, 6.07) is -0.662. The van der Waals surface area contributed by atoms with Crippen LogP contribution in [0.25, 0.3) is 0 Å². The summed E-state index contributed by atoms with van der Waals surface area (Å²) in [7, 11) is -3.39. The van der Waals surface area contributed by atoms with E-state index in [-0.39, 0.29) is 17.6 Å². The lowest BCUT2D eigenvalue weighted by Crippen LogP contribution is -2.52. The quantitative estimate of drug-likeness (QED) is 0.747. The molecule has 0 spiro atoms. The molecule has 0 saturated carbocycles. The molecular weight excluding hydrogens is 280 g/mol. The molecule has 0 radical (unpaired) electrons. The highest BCUT2D eigenvalue weighted by Gasteiger charge is 2.29. The van der Waals surface area contributed by atoms with Crippen molar-refractivity contribution in [3.05, 3.63) is 0 Å². The molecule has 1 amide bonds. The molecule has 1 rings (SSSR count). The predicted molar refractivity (Wildman–Crippen MR) is 77.9 cm³/mol. The van der Waals surface area contributed by atoms with Crippen molar-refractivity contribution < 1.29 is 17.9 Å². The maximum Gasteiger partial charge on any atom is 0.240 e. The van der Waals surface area contributed by atoms with Crippen LogP contribution < -0.4 is 4.72 Å². The Morgan fingerprint density at radius 2 is 1.90 bits per heavy atom. The maximum atomic E-state index is 12.5.